The molecule has 1 saturated carbocycles. The van der Waals surface area contributed by atoms with Crippen molar-refractivity contribution in [1.29, 1.82) is 0 Å². The summed E-state index contributed by atoms with van der Waals surface area (Å²) in [6.45, 7) is 4.24. The number of carboxylic acids is 1. The number of carbonyl (C=O) groups excluding carboxylic acids is 1. The van der Waals surface area contributed by atoms with Crippen LogP contribution in [0, 0.1) is 5.41 Å². The summed E-state index contributed by atoms with van der Waals surface area (Å²) in [6.07, 6.45) is 2.24. The Morgan fingerprint density at radius 3 is 2.56 bits per heavy atom. The van der Waals surface area contributed by atoms with Crippen LogP contribution in [0.2, 0.25) is 0 Å². The van der Waals surface area contributed by atoms with Gasteiger partial charge in [-0.25, -0.2) is 4.79 Å². The van der Waals surface area contributed by atoms with Gasteiger partial charge in [-0.1, -0.05) is 13.3 Å². The molecule has 2 amide bonds. The molecule has 0 heterocycles. The molecule has 0 aliphatic heterocycles. The Hall–Kier alpha value is -0.910. The van der Waals surface area contributed by atoms with Gasteiger partial charge in [-0.15, -0.1) is 0 Å². The van der Waals surface area contributed by atoms with Gasteiger partial charge in [-0.05, 0) is 25.5 Å². The van der Waals surface area contributed by atoms with E-state index in [2.05, 4.69) is 17.6 Å². The first-order valence-electron chi connectivity index (χ1n) is 6.35. The Morgan fingerprint density at radius 2 is 2.11 bits per heavy atom. The van der Waals surface area contributed by atoms with Gasteiger partial charge in [0.1, 0.15) is 0 Å². The summed E-state index contributed by atoms with van der Waals surface area (Å²) in [5.74, 6) is 1.09. The molecule has 6 heteroatoms. The summed E-state index contributed by atoms with van der Waals surface area (Å²) in [5.41, 5.74) is -0.723. The number of rotatable bonds is 7. The van der Waals surface area contributed by atoms with Crippen LogP contribution in [0.25, 0.3) is 0 Å². The maximum atomic E-state index is 11.6. The molecule has 1 atom stereocenters. The fourth-order valence-electron chi connectivity index (χ4n) is 1.93. The number of hydrogen-bond acceptors (Lipinski definition) is 3. The molecule has 1 unspecified atom stereocenters. The third kappa shape index (κ3) is 4.08. The van der Waals surface area contributed by atoms with Gasteiger partial charge in [0.2, 0.25) is 0 Å². The maximum absolute atomic E-state index is 11.6. The van der Waals surface area contributed by atoms with Gasteiger partial charge in [-0.2, -0.15) is 11.8 Å². The monoisotopic (exact) mass is 274 g/mol. The minimum Gasteiger partial charge on any atom is -0.481 e. The summed E-state index contributed by atoms with van der Waals surface area (Å²) >= 11 is 1.77. The summed E-state index contributed by atoms with van der Waals surface area (Å²) in [4.78, 5) is 22.7. The fraction of sp³-hybridized carbons (Fsp3) is 0.833. The van der Waals surface area contributed by atoms with Crippen LogP contribution < -0.4 is 10.6 Å². The van der Waals surface area contributed by atoms with Gasteiger partial charge in [0.05, 0.1) is 5.41 Å². The highest BCUT2D eigenvalue weighted by atomic mass is 32.2. The van der Waals surface area contributed by atoms with E-state index in [1.165, 1.54) is 0 Å². The highest BCUT2D eigenvalue weighted by Gasteiger charge is 2.44. The van der Waals surface area contributed by atoms with Crippen molar-refractivity contribution in [2.75, 3.05) is 18.1 Å². The van der Waals surface area contributed by atoms with Crippen LogP contribution in [0.3, 0.4) is 0 Å². The van der Waals surface area contributed by atoms with Crippen molar-refractivity contribution in [3.63, 3.8) is 0 Å². The van der Waals surface area contributed by atoms with Crippen molar-refractivity contribution >= 4 is 23.8 Å². The predicted octanol–water partition coefficient (Wildman–Crippen LogP) is 1.68. The second-order valence-corrected chi connectivity index (χ2v) is 6.15. The van der Waals surface area contributed by atoms with E-state index in [-0.39, 0.29) is 18.6 Å². The molecule has 0 aromatic rings. The molecule has 0 spiro atoms. The highest BCUT2D eigenvalue weighted by molar-refractivity contribution is 7.99. The molecule has 1 fully saturated rings. The minimum absolute atomic E-state index is 0.0946. The lowest BCUT2D eigenvalue weighted by Crippen LogP contribution is -2.51. The lowest BCUT2D eigenvalue weighted by molar-refractivity contribution is -0.153. The molecule has 1 rings (SSSR count). The van der Waals surface area contributed by atoms with Crippen LogP contribution >= 0.6 is 11.8 Å². The standard InChI is InChI=1S/C12H22N2O3S/c1-3-18-7-9(2)14-11(17)13-8-12(10(15)16)5-4-6-12/h9H,3-8H2,1-2H3,(H,15,16)(H2,13,14,17). The van der Waals surface area contributed by atoms with E-state index in [0.29, 0.717) is 12.8 Å². The van der Waals surface area contributed by atoms with Crippen LogP contribution in [-0.2, 0) is 4.79 Å². The average Bonchev–Trinajstić information content (AvgIpc) is 2.24. The van der Waals surface area contributed by atoms with E-state index in [1.807, 2.05) is 6.92 Å². The van der Waals surface area contributed by atoms with E-state index < -0.39 is 11.4 Å². The number of amides is 2. The summed E-state index contributed by atoms with van der Waals surface area (Å²) in [7, 11) is 0. The Bertz CT molecular complexity index is 306. The Balaban J connectivity index is 2.26. The second-order valence-electron chi connectivity index (χ2n) is 4.83. The Kier molecular flexibility index (Phi) is 5.78. The number of urea groups is 1. The number of hydrogen-bond donors (Lipinski definition) is 3. The molecule has 5 nitrogen and oxygen atoms in total. The lowest BCUT2D eigenvalue weighted by Gasteiger charge is -2.37. The van der Waals surface area contributed by atoms with Crippen molar-refractivity contribution in [2.45, 2.75) is 39.2 Å². The SMILES string of the molecule is CCSCC(C)NC(=O)NCC1(C(=O)O)CCC1. The van der Waals surface area contributed by atoms with E-state index in [9.17, 15) is 9.59 Å². The van der Waals surface area contributed by atoms with Crippen LogP contribution in [-0.4, -0.2) is 41.2 Å². The molecule has 3 N–H and O–H groups in total. The number of carbonyl (C=O) groups is 2. The van der Waals surface area contributed by atoms with Crippen LogP contribution in [0.4, 0.5) is 4.79 Å². The van der Waals surface area contributed by atoms with Gasteiger partial charge < -0.3 is 15.7 Å². The normalized spacial score (nSPS) is 18.6. The molecule has 1 aliphatic rings. The largest absolute Gasteiger partial charge is 0.481 e. The molecular weight excluding hydrogens is 252 g/mol. The summed E-state index contributed by atoms with van der Waals surface area (Å²) in [6, 6.07) is -0.177. The molecule has 0 saturated heterocycles. The quantitative estimate of drug-likeness (QED) is 0.660. The molecule has 1 aliphatic carbocycles. The summed E-state index contributed by atoms with van der Waals surface area (Å²) < 4.78 is 0. The van der Waals surface area contributed by atoms with E-state index >= 15 is 0 Å². The molecule has 0 radical (unpaired) electrons. The van der Waals surface area contributed by atoms with Crippen LogP contribution in [0.15, 0.2) is 0 Å². The van der Waals surface area contributed by atoms with Crippen LogP contribution in [0.1, 0.15) is 33.1 Å². The molecule has 0 aromatic carbocycles. The molecule has 0 bridgehead atoms. The van der Waals surface area contributed by atoms with Gasteiger partial charge in [0.15, 0.2) is 0 Å². The topological polar surface area (TPSA) is 78.4 Å². The van der Waals surface area contributed by atoms with Crippen molar-refractivity contribution in [2.24, 2.45) is 5.41 Å². The molecule has 0 aromatic heterocycles. The minimum atomic E-state index is -0.802. The van der Waals surface area contributed by atoms with Crippen molar-refractivity contribution in [3.8, 4) is 0 Å². The molecular formula is C12H22N2O3S. The van der Waals surface area contributed by atoms with Gasteiger partial charge in [0, 0.05) is 18.3 Å². The molecule has 18 heavy (non-hydrogen) atoms. The van der Waals surface area contributed by atoms with Gasteiger partial charge in [0.25, 0.3) is 0 Å². The zero-order valence-electron chi connectivity index (χ0n) is 11.0. The fourth-order valence-corrected chi connectivity index (χ4v) is 2.60. The predicted molar refractivity (Wildman–Crippen MR) is 72.9 cm³/mol. The Labute approximate surface area is 112 Å². The van der Waals surface area contributed by atoms with E-state index in [4.69, 9.17) is 5.11 Å². The second kappa shape index (κ2) is 6.87. The number of nitrogens with one attached hydrogen (secondary N) is 2. The maximum Gasteiger partial charge on any atom is 0.315 e. The lowest BCUT2D eigenvalue weighted by atomic mass is 9.69. The smallest absolute Gasteiger partial charge is 0.315 e. The van der Waals surface area contributed by atoms with Crippen molar-refractivity contribution < 1.29 is 14.7 Å². The summed E-state index contributed by atoms with van der Waals surface area (Å²) in [5, 5.41) is 14.6. The van der Waals surface area contributed by atoms with E-state index in [1.54, 1.807) is 11.8 Å². The number of carboxylic acid groups (broad SMARTS) is 1. The zero-order chi connectivity index (χ0) is 13.6. The number of aliphatic carboxylic acids is 1. The first-order chi connectivity index (χ1) is 8.50. The van der Waals surface area contributed by atoms with Crippen molar-refractivity contribution in [3.05, 3.63) is 0 Å². The highest BCUT2D eigenvalue weighted by Crippen LogP contribution is 2.40. The van der Waals surface area contributed by atoms with Gasteiger partial charge >= 0.3 is 12.0 Å². The number of thioether (sulfide) groups is 1. The van der Waals surface area contributed by atoms with Crippen molar-refractivity contribution in [1.82, 2.24) is 10.6 Å². The molecule has 104 valence electrons. The first-order valence-corrected chi connectivity index (χ1v) is 7.51. The third-order valence-corrected chi connectivity index (χ3v) is 4.45. The van der Waals surface area contributed by atoms with Crippen LogP contribution in [0.5, 0.6) is 0 Å². The van der Waals surface area contributed by atoms with Gasteiger partial charge in [-0.3, -0.25) is 4.79 Å². The zero-order valence-corrected chi connectivity index (χ0v) is 11.8. The Morgan fingerprint density at radius 1 is 1.44 bits per heavy atom. The average molecular weight is 274 g/mol. The van der Waals surface area contributed by atoms with E-state index in [0.717, 1.165) is 17.9 Å². The first kappa shape index (κ1) is 15.1. The third-order valence-electron chi connectivity index (χ3n) is 3.30.